The molecule has 1 aromatic rings. The minimum absolute atomic E-state index is 0.246. The van der Waals surface area contributed by atoms with Crippen LogP contribution >= 0.6 is 0 Å². The van der Waals surface area contributed by atoms with E-state index >= 15 is 0 Å². The molecular weight excluding hydrogens is 264 g/mol. The molecule has 1 aliphatic heterocycles. The lowest BCUT2D eigenvalue weighted by atomic mass is 10.2. The summed E-state index contributed by atoms with van der Waals surface area (Å²) in [6, 6.07) is 4.66. The fourth-order valence-corrected chi connectivity index (χ4v) is 3.78. The Morgan fingerprint density at radius 2 is 1.95 bits per heavy atom. The van der Waals surface area contributed by atoms with Crippen molar-refractivity contribution in [2.75, 3.05) is 25.4 Å². The van der Waals surface area contributed by atoms with Crippen molar-refractivity contribution in [2.45, 2.75) is 31.1 Å². The minimum atomic E-state index is -3.42. The maximum Gasteiger partial charge on any atom is 0.243 e. The number of ether oxygens (including phenoxy) is 1. The van der Waals surface area contributed by atoms with Crippen molar-refractivity contribution < 1.29 is 13.2 Å². The van der Waals surface area contributed by atoms with E-state index in [-0.39, 0.29) is 4.90 Å². The fourth-order valence-electron chi connectivity index (χ4n) is 2.23. The minimum Gasteiger partial charge on any atom is -0.492 e. The van der Waals surface area contributed by atoms with E-state index in [2.05, 4.69) is 0 Å². The molecule has 1 heterocycles. The molecule has 0 atom stereocenters. The lowest BCUT2D eigenvalue weighted by Gasteiger charge is -2.26. The number of nitrogens with zero attached hydrogens (tertiary/aromatic N) is 1. The highest BCUT2D eigenvalue weighted by molar-refractivity contribution is 7.89. The molecule has 0 unspecified atom stereocenters. The number of piperidine rings is 1. The van der Waals surface area contributed by atoms with Gasteiger partial charge in [-0.3, -0.25) is 0 Å². The fraction of sp³-hybridized carbons (Fsp3) is 0.538. The first-order valence-corrected chi connectivity index (χ1v) is 8.02. The second kappa shape index (κ2) is 5.79. The Bertz CT molecular complexity index is 537. The van der Waals surface area contributed by atoms with Gasteiger partial charge in [0.2, 0.25) is 10.0 Å². The van der Waals surface area contributed by atoms with Crippen molar-refractivity contribution in [3.63, 3.8) is 0 Å². The largest absolute Gasteiger partial charge is 0.492 e. The zero-order chi connectivity index (χ0) is 13.9. The summed E-state index contributed by atoms with van der Waals surface area (Å²) in [6.45, 7) is 3.55. The Balaban J connectivity index is 2.27. The lowest BCUT2D eigenvalue weighted by Crippen LogP contribution is -2.35. The highest BCUT2D eigenvalue weighted by atomic mass is 32.2. The van der Waals surface area contributed by atoms with Crippen LogP contribution in [-0.2, 0) is 10.0 Å². The van der Waals surface area contributed by atoms with E-state index in [4.69, 9.17) is 10.5 Å². The molecule has 0 amide bonds. The average molecular weight is 284 g/mol. The first-order valence-electron chi connectivity index (χ1n) is 6.58. The maximum atomic E-state index is 12.4. The van der Waals surface area contributed by atoms with Gasteiger partial charge in [0, 0.05) is 13.1 Å². The average Bonchev–Trinajstić information content (AvgIpc) is 2.42. The van der Waals surface area contributed by atoms with Crippen LogP contribution in [-0.4, -0.2) is 32.4 Å². The summed E-state index contributed by atoms with van der Waals surface area (Å²) >= 11 is 0. The summed E-state index contributed by atoms with van der Waals surface area (Å²) in [5.74, 6) is 0.528. The molecule has 0 aromatic heterocycles. The third-order valence-electron chi connectivity index (χ3n) is 3.23. The Morgan fingerprint density at radius 1 is 1.26 bits per heavy atom. The molecule has 0 saturated carbocycles. The van der Waals surface area contributed by atoms with Gasteiger partial charge < -0.3 is 10.5 Å². The Labute approximate surface area is 114 Å². The van der Waals surface area contributed by atoms with Crippen molar-refractivity contribution in [1.29, 1.82) is 0 Å². The molecule has 1 fully saturated rings. The van der Waals surface area contributed by atoms with Gasteiger partial charge in [-0.15, -0.1) is 0 Å². The van der Waals surface area contributed by atoms with Crippen LogP contribution in [0, 0.1) is 0 Å². The number of nitrogen functional groups attached to an aromatic ring is 1. The van der Waals surface area contributed by atoms with Crippen LogP contribution in [0.2, 0.25) is 0 Å². The van der Waals surface area contributed by atoms with E-state index in [0.29, 0.717) is 31.1 Å². The summed E-state index contributed by atoms with van der Waals surface area (Å²) in [5, 5.41) is 0. The van der Waals surface area contributed by atoms with Crippen LogP contribution in [0.1, 0.15) is 26.2 Å². The lowest BCUT2D eigenvalue weighted by molar-refractivity contribution is 0.341. The number of benzene rings is 1. The predicted octanol–water partition coefficient (Wildman–Crippen LogP) is 1.84. The number of hydrogen-bond acceptors (Lipinski definition) is 4. The van der Waals surface area contributed by atoms with Crippen LogP contribution in [0.15, 0.2) is 23.1 Å². The zero-order valence-electron chi connectivity index (χ0n) is 11.1. The summed E-state index contributed by atoms with van der Waals surface area (Å²) in [5.41, 5.74) is 6.19. The molecule has 0 radical (unpaired) electrons. The van der Waals surface area contributed by atoms with Gasteiger partial charge in [0.15, 0.2) is 0 Å². The standard InChI is InChI=1S/C13H20N2O3S/c1-2-18-13-7-6-11(10-12(13)14)19(16,17)15-8-4-3-5-9-15/h6-7,10H,2-5,8-9,14H2,1H3. The third kappa shape index (κ3) is 3.01. The second-order valence-electron chi connectivity index (χ2n) is 4.60. The molecular formula is C13H20N2O3S. The zero-order valence-corrected chi connectivity index (χ0v) is 11.9. The molecule has 1 aliphatic rings. The highest BCUT2D eigenvalue weighted by Gasteiger charge is 2.26. The Morgan fingerprint density at radius 3 is 2.53 bits per heavy atom. The van der Waals surface area contributed by atoms with E-state index in [0.717, 1.165) is 19.3 Å². The number of anilines is 1. The molecule has 0 aliphatic carbocycles. The van der Waals surface area contributed by atoms with E-state index in [1.807, 2.05) is 6.92 Å². The monoisotopic (exact) mass is 284 g/mol. The number of rotatable bonds is 4. The third-order valence-corrected chi connectivity index (χ3v) is 5.13. The molecule has 5 nitrogen and oxygen atoms in total. The highest BCUT2D eigenvalue weighted by Crippen LogP contribution is 2.27. The molecule has 19 heavy (non-hydrogen) atoms. The van der Waals surface area contributed by atoms with Gasteiger partial charge >= 0.3 is 0 Å². The maximum absolute atomic E-state index is 12.4. The normalized spacial score (nSPS) is 17.3. The van der Waals surface area contributed by atoms with E-state index in [1.165, 1.54) is 10.4 Å². The van der Waals surface area contributed by atoms with Crippen LogP contribution in [0.25, 0.3) is 0 Å². The van der Waals surface area contributed by atoms with E-state index in [1.54, 1.807) is 12.1 Å². The van der Waals surface area contributed by atoms with Gasteiger partial charge in [-0.25, -0.2) is 8.42 Å². The molecule has 0 spiro atoms. The molecule has 2 N–H and O–H groups in total. The first-order chi connectivity index (χ1) is 9.05. The van der Waals surface area contributed by atoms with Crippen LogP contribution < -0.4 is 10.5 Å². The number of nitrogens with two attached hydrogens (primary N) is 1. The molecule has 1 aromatic carbocycles. The van der Waals surface area contributed by atoms with Gasteiger partial charge in [-0.2, -0.15) is 4.31 Å². The van der Waals surface area contributed by atoms with E-state index in [9.17, 15) is 8.42 Å². The second-order valence-corrected chi connectivity index (χ2v) is 6.54. The van der Waals surface area contributed by atoms with Crippen LogP contribution in [0.4, 0.5) is 5.69 Å². The molecule has 2 rings (SSSR count). The Hall–Kier alpha value is -1.27. The van der Waals surface area contributed by atoms with Crippen molar-refractivity contribution in [1.82, 2.24) is 4.31 Å². The molecule has 1 saturated heterocycles. The Kier molecular flexibility index (Phi) is 4.31. The van der Waals surface area contributed by atoms with Crippen LogP contribution in [0.5, 0.6) is 5.75 Å². The van der Waals surface area contributed by atoms with Gasteiger partial charge in [-0.05, 0) is 38.0 Å². The molecule has 106 valence electrons. The van der Waals surface area contributed by atoms with E-state index < -0.39 is 10.0 Å². The van der Waals surface area contributed by atoms with Gasteiger partial charge in [0.25, 0.3) is 0 Å². The number of sulfonamides is 1. The van der Waals surface area contributed by atoms with Crippen LogP contribution in [0.3, 0.4) is 0 Å². The predicted molar refractivity (Wildman–Crippen MR) is 74.6 cm³/mol. The first kappa shape index (κ1) is 14.1. The van der Waals surface area contributed by atoms with Crippen molar-refractivity contribution in [2.24, 2.45) is 0 Å². The van der Waals surface area contributed by atoms with Crippen molar-refractivity contribution in [3.8, 4) is 5.75 Å². The summed E-state index contributed by atoms with van der Waals surface area (Å²) in [6.07, 6.45) is 2.94. The van der Waals surface area contributed by atoms with Gasteiger partial charge in [0.05, 0.1) is 17.2 Å². The summed E-state index contributed by atoms with van der Waals surface area (Å²) in [7, 11) is -3.42. The smallest absolute Gasteiger partial charge is 0.243 e. The van der Waals surface area contributed by atoms with Gasteiger partial charge in [-0.1, -0.05) is 6.42 Å². The quantitative estimate of drug-likeness (QED) is 0.856. The van der Waals surface area contributed by atoms with Gasteiger partial charge in [0.1, 0.15) is 5.75 Å². The molecule has 0 bridgehead atoms. The molecule has 6 heteroatoms. The summed E-state index contributed by atoms with van der Waals surface area (Å²) < 4.78 is 31.7. The number of hydrogen-bond donors (Lipinski definition) is 1. The SMILES string of the molecule is CCOc1ccc(S(=O)(=O)N2CCCCC2)cc1N. The topological polar surface area (TPSA) is 72.6 Å². The van der Waals surface area contributed by atoms with Crippen molar-refractivity contribution in [3.05, 3.63) is 18.2 Å². The van der Waals surface area contributed by atoms with Crippen molar-refractivity contribution >= 4 is 15.7 Å². The summed E-state index contributed by atoms with van der Waals surface area (Å²) in [4.78, 5) is 0.246.